The molecule has 6 aromatic rings. The summed E-state index contributed by atoms with van der Waals surface area (Å²) >= 11 is 0. The lowest BCUT2D eigenvalue weighted by atomic mass is 9.78. The van der Waals surface area contributed by atoms with Crippen molar-refractivity contribution in [3.8, 4) is 33.6 Å². The van der Waals surface area contributed by atoms with Crippen molar-refractivity contribution in [1.29, 1.82) is 0 Å². The molecule has 0 aliphatic heterocycles. The highest BCUT2D eigenvalue weighted by Gasteiger charge is 2.21. The van der Waals surface area contributed by atoms with E-state index in [4.69, 9.17) is 4.98 Å². The zero-order chi connectivity index (χ0) is 27.4. The first-order valence-electron chi connectivity index (χ1n) is 13.7. The normalized spacial score (nSPS) is 12.4. The van der Waals surface area contributed by atoms with Gasteiger partial charge in [0.1, 0.15) is 5.65 Å². The lowest BCUT2D eigenvalue weighted by Crippen LogP contribution is -2.16. The Balaban J connectivity index is 1.58. The van der Waals surface area contributed by atoms with Crippen LogP contribution in [0.4, 0.5) is 0 Å². The molecule has 0 aliphatic rings. The van der Waals surface area contributed by atoms with Crippen LogP contribution in [0.1, 0.15) is 52.7 Å². The number of hydrogen-bond acceptors (Lipinski definition) is 2. The second-order valence-electron chi connectivity index (χ2n) is 12.6. The molecule has 3 aromatic carbocycles. The predicted octanol–water partition coefficient (Wildman–Crippen LogP) is 9.71. The number of fused-ring (bicyclic) bond motifs is 3. The average molecular weight is 510 g/mol. The molecule has 6 rings (SSSR count). The van der Waals surface area contributed by atoms with Gasteiger partial charge in [-0.25, -0.2) is 4.98 Å². The Morgan fingerprint density at radius 3 is 1.82 bits per heavy atom. The molecule has 194 valence electrons. The molecule has 1 N–H and O–H groups in total. The van der Waals surface area contributed by atoms with Gasteiger partial charge >= 0.3 is 0 Å². The zero-order valence-corrected chi connectivity index (χ0v) is 23.6. The minimum atomic E-state index is 0.0413. The third kappa shape index (κ3) is 4.85. The van der Waals surface area contributed by atoms with Crippen molar-refractivity contribution in [3.63, 3.8) is 0 Å². The summed E-state index contributed by atoms with van der Waals surface area (Å²) < 4.78 is 0. The molecule has 3 heterocycles. The number of benzene rings is 3. The molecule has 0 spiro atoms. The van der Waals surface area contributed by atoms with Gasteiger partial charge in [-0.1, -0.05) is 84.0 Å². The minimum absolute atomic E-state index is 0.0413. The highest BCUT2D eigenvalue weighted by atomic mass is 14.9. The van der Waals surface area contributed by atoms with E-state index in [2.05, 4.69) is 130 Å². The monoisotopic (exact) mass is 509 g/mol. The first kappa shape index (κ1) is 25.1. The first-order valence-corrected chi connectivity index (χ1v) is 13.7. The summed E-state index contributed by atoms with van der Waals surface area (Å²) in [6.07, 6.45) is 1.86. The van der Waals surface area contributed by atoms with E-state index >= 15 is 0 Å². The summed E-state index contributed by atoms with van der Waals surface area (Å²) in [5.41, 5.74) is 11.2. The lowest BCUT2D eigenvalue weighted by Gasteiger charge is -2.26. The lowest BCUT2D eigenvalue weighted by molar-refractivity contribution is 0.569. The summed E-state index contributed by atoms with van der Waals surface area (Å²) in [4.78, 5) is 13.3. The van der Waals surface area contributed by atoms with E-state index in [9.17, 15) is 0 Å². The Bertz CT molecular complexity index is 1780. The molecule has 0 atom stereocenters. The summed E-state index contributed by atoms with van der Waals surface area (Å²) in [7, 11) is 0. The van der Waals surface area contributed by atoms with E-state index < -0.39 is 0 Å². The number of aromatic nitrogens is 3. The van der Waals surface area contributed by atoms with Crippen LogP contribution in [0.15, 0.2) is 97.2 Å². The van der Waals surface area contributed by atoms with Crippen LogP contribution in [0, 0.1) is 0 Å². The quantitative estimate of drug-likeness (QED) is 0.258. The molecule has 3 nitrogen and oxygen atoms in total. The van der Waals surface area contributed by atoms with Gasteiger partial charge in [0.25, 0.3) is 0 Å². The standard InChI is InChI=1S/C36H35N3/c1-35(2,3)27-20-24(21-28(22-27)36(4,5)6)23-17-25(31-12-9-10-16-37-31)19-26(18-23)32-15-14-30-29-11-7-8-13-33(29)39-34(30)38-32/h7-22H,1-6H3,(H,38,39). The van der Waals surface area contributed by atoms with Crippen molar-refractivity contribution < 1.29 is 0 Å². The topological polar surface area (TPSA) is 41.6 Å². The molecule has 0 fully saturated rings. The molecular formula is C36H35N3. The number of H-pyrrole nitrogens is 1. The molecule has 0 aliphatic carbocycles. The highest BCUT2D eigenvalue weighted by molar-refractivity contribution is 6.06. The highest BCUT2D eigenvalue weighted by Crippen LogP contribution is 2.37. The van der Waals surface area contributed by atoms with Crippen molar-refractivity contribution in [3.05, 3.63) is 108 Å². The average Bonchev–Trinajstić information content (AvgIpc) is 3.30. The summed E-state index contributed by atoms with van der Waals surface area (Å²) in [5, 5.41) is 2.34. The van der Waals surface area contributed by atoms with Gasteiger partial charge in [0.05, 0.1) is 11.4 Å². The van der Waals surface area contributed by atoms with Gasteiger partial charge in [-0.3, -0.25) is 4.98 Å². The van der Waals surface area contributed by atoms with E-state index in [1.807, 2.05) is 18.3 Å². The second kappa shape index (κ2) is 9.20. The molecule has 0 radical (unpaired) electrons. The third-order valence-electron chi connectivity index (χ3n) is 7.55. The van der Waals surface area contributed by atoms with Gasteiger partial charge in [-0.2, -0.15) is 0 Å². The summed E-state index contributed by atoms with van der Waals surface area (Å²) in [6, 6.07) is 32.6. The van der Waals surface area contributed by atoms with Crippen LogP contribution in [0.2, 0.25) is 0 Å². The maximum absolute atomic E-state index is 5.09. The number of nitrogens with one attached hydrogen (secondary N) is 1. The van der Waals surface area contributed by atoms with E-state index in [1.54, 1.807) is 0 Å². The Labute approximate surface area is 231 Å². The van der Waals surface area contributed by atoms with Crippen LogP contribution >= 0.6 is 0 Å². The number of rotatable bonds is 3. The van der Waals surface area contributed by atoms with E-state index in [1.165, 1.54) is 27.6 Å². The van der Waals surface area contributed by atoms with Crippen molar-refractivity contribution >= 4 is 21.9 Å². The number of para-hydroxylation sites is 1. The van der Waals surface area contributed by atoms with E-state index in [0.29, 0.717) is 0 Å². The fraction of sp³-hybridized carbons (Fsp3) is 0.222. The third-order valence-corrected chi connectivity index (χ3v) is 7.55. The first-order chi connectivity index (χ1) is 18.6. The van der Waals surface area contributed by atoms with Crippen molar-refractivity contribution in [2.75, 3.05) is 0 Å². The van der Waals surface area contributed by atoms with Crippen molar-refractivity contribution in [2.24, 2.45) is 0 Å². The number of hydrogen-bond donors (Lipinski definition) is 1. The fourth-order valence-corrected chi connectivity index (χ4v) is 5.17. The van der Waals surface area contributed by atoms with Gasteiger partial charge in [0.2, 0.25) is 0 Å². The number of aromatic amines is 1. The van der Waals surface area contributed by atoms with E-state index in [0.717, 1.165) is 39.1 Å². The van der Waals surface area contributed by atoms with Crippen LogP contribution in [0.3, 0.4) is 0 Å². The Kier molecular flexibility index (Phi) is 5.91. The van der Waals surface area contributed by atoms with Crippen LogP contribution < -0.4 is 0 Å². The maximum Gasteiger partial charge on any atom is 0.139 e. The van der Waals surface area contributed by atoms with Gasteiger partial charge in [-0.05, 0) is 81.6 Å². The molecular weight excluding hydrogens is 474 g/mol. The fourth-order valence-electron chi connectivity index (χ4n) is 5.17. The molecule has 3 heteroatoms. The minimum Gasteiger partial charge on any atom is -0.339 e. The van der Waals surface area contributed by atoms with Gasteiger partial charge in [0, 0.05) is 33.6 Å². The van der Waals surface area contributed by atoms with Crippen LogP contribution in [0.25, 0.3) is 55.6 Å². The Morgan fingerprint density at radius 1 is 0.538 bits per heavy atom. The van der Waals surface area contributed by atoms with Crippen LogP contribution in [-0.4, -0.2) is 15.0 Å². The SMILES string of the molecule is CC(C)(C)c1cc(-c2cc(-c3ccccn3)cc(-c3ccc4c(n3)[nH]c3ccccc34)c2)cc(C(C)(C)C)c1. The molecule has 39 heavy (non-hydrogen) atoms. The molecule has 0 saturated carbocycles. The van der Waals surface area contributed by atoms with E-state index in [-0.39, 0.29) is 10.8 Å². The molecule has 3 aromatic heterocycles. The van der Waals surface area contributed by atoms with Crippen LogP contribution in [-0.2, 0) is 10.8 Å². The van der Waals surface area contributed by atoms with Crippen molar-refractivity contribution in [1.82, 2.24) is 15.0 Å². The summed E-state index contributed by atoms with van der Waals surface area (Å²) in [6.45, 7) is 13.7. The zero-order valence-electron chi connectivity index (χ0n) is 23.6. The van der Waals surface area contributed by atoms with Gasteiger partial charge in [-0.15, -0.1) is 0 Å². The summed E-state index contributed by atoms with van der Waals surface area (Å²) in [5.74, 6) is 0. The van der Waals surface area contributed by atoms with Crippen molar-refractivity contribution in [2.45, 2.75) is 52.4 Å². The molecule has 0 saturated heterocycles. The smallest absolute Gasteiger partial charge is 0.139 e. The van der Waals surface area contributed by atoms with Gasteiger partial charge < -0.3 is 4.98 Å². The number of nitrogens with zero attached hydrogens (tertiary/aromatic N) is 2. The van der Waals surface area contributed by atoms with Crippen LogP contribution in [0.5, 0.6) is 0 Å². The Hall–Kier alpha value is -4.24. The Morgan fingerprint density at radius 2 is 1.15 bits per heavy atom. The second-order valence-corrected chi connectivity index (χ2v) is 12.6. The van der Waals surface area contributed by atoms with Gasteiger partial charge in [0.15, 0.2) is 0 Å². The molecule has 0 amide bonds. The molecule has 0 unspecified atom stereocenters. The molecule has 0 bridgehead atoms. The largest absolute Gasteiger partial charge is 0.339 e. The predicted molar refractivity (Wildman–Crippen MR) is 165 cm³/mol. The number of pyridine rings is 2. The maximum atomic E-state index is 5.09.